The summed E-state index contributed by atoms with van der Waals surface area (Å²) >= 11 is 0. The number of piperazine rings is 1. The third kappa shape index (κ3) is 5.64. The van der Waals surface area contributed by atoms with Crippen LogP contribution in [-0.4, -0.2) is 72.3 Å². The molecular weight excluding hydrogens is 401 g/mol. The van der Waals surface area contributed by atoms with Crippen molar-refractivity contribution in [3.05, 3.63) is 53.7 Å². The SMILES string of the molecule is O=C(CN1CCN(C(=O)c2ccc(COc3ccc(F)cc3)o2)CC1)N1CCCCC1. The molecule has 2 aromatic rings. The maximum atomic E-state index is 13.0. The molecule has 2 aliphatic rings. The van der Waals surface area contributed by atoms with Crippen molar-refractivity contribution in [3.8, 4) is 5.75 Å². The average molecular weight is 429 g/mol. The maximum absolute atomic E-state index is 13.0. The van der Waals surface area contributed by atoms with Crippen molar-refractivity contribution in [2.45, 2.75) is 25.9 Å². The zero-order valence-corrected chi connectivity index (χ0v) is 17.6. The van der Waals surface area contributed by atoms with E-state index in [1.807, 2.05) is 4.90 Å². The molecule has 31 heavy (non-hydrogen) atoms. The smallest absolute Gasteiger partial charge is 0.289 e. The van der Waals surface area contributed by atoms with Crippen molar-refractivity contribution in [1.82, 2.24) is 14.7 Å². The van der Waals surface area contributed by atoms with Gasteiger partial charge in [0.25, 0.3) is 5.91 Å². The van der Waals surface area contributed by atoms with Crippen LogP contribution in [0.2, 0.25) is 0 Å². The highest BCUT2D eigenvalue weighted by molar-refractivity contribution is 5.91. The molecule has 2 amide bonds. The van der Waals surface area contributed by atoms with E-state index in [1.165, 1.54) is 18.6 Å². The van der Waals surface area contributed by atoms with Gasteiger partial charge in [-0.1, -0.05) is 0 Å². The van der Waals surface area contributed by atoms with Crippen LogP contribution in [0.25, 0.3) is 0 Å². The Labute approximate surface area is 181 Å². The number of amides is 2. The fourth-order valence-electron chi connectivity index (χ4n) is 3.96. The average Bonchev–Trinajstić information content (AvgIpc) is 3.28. The van der Waals surface area contributed by atoms with Gasteiger partial charge in [0.1, 0.15) is 23.9 Å². The normalized spacial score (nSPS) is 17.6. The van der Waals surface area contributed by atoms with Gasteiger partial charge in [-0.05, 0) is 55.7 Å². The molecule has 2 aliphatic heterocycles. The largest absolute Gasteiger partial charge is 0.486 e. The highest BCUT2D eigenvalue weighted by Crippen LogP contribution is 2.17. The van der Waals surface area contributed by atoms with E-state index in [-0.39, 0.29) is 30.0 Å². The first-order valence-electron chi connectivity index (χ1n) is 10.8. The number of carbonyl (C=O) groups is 2. The Morgan fingerprint density at radius 3 is 2.29 bits per heavy atom. The Kier molecular flexibility index (Phi) is 6.86. The van der Waals surface area contributed by atoms with Gasteiger partial charge < -0.3 is 19.0 Å². The number of nitrogens with zero attached hydrogens (tertiary/aromatic N) is 3. The van der Waals surface area contributed by atoms with Gasteiger partial charge in [0.15, 0.2) is 5.76 Å². The molecule has 0 saturated carbocycles. The second-order valence-electron chi connectivity index (χ2n) is 8.02. The van der Waals surface area contributed by atoms with Crippen molar-refractivity contribution < 1.29 is 23.1 Å². The second kappa shape index (κ2) is 9.96. The van der Waals surface area contributed by atoms with Gasteiger partial charge in [-0.15, -0.1) is 0 Å². The Balaban J connectivity index is 1.23. The van der Waals surface area contributed by atoms with Crippen LogP contribution < -0.4 is 4.74 Å². The van der Waals surface area contributed by atoms with Gasteiger partial charge in [-0.2, -0.15) is 0 Å². The molecule has 4 rings (SSSR count). The molecule has 8 heteroatoms. The summed E-state index contributed by atoms with van der Waals surface area (Å²) in [6, 6.07) is 9.10. The van der Waals surface area contributed by atoms with Crippen LogP contribution in [0, 0.1) is 5.82 Å². The molecule has 7 nitrogen and oxygen atoms in total. The number of ether oxygens (including phenoxy) is 1. The van der Waals surface area contributed by atoms with Crippen molar-refractivity contribution in [2.24, 2.45) is 0 Å². The number of hydrogen-bond acceptors (Lipinski definition) is 5. The zero-order valence-electron chi connectivity index (χ0n) is 17.6. The molecule has 0 bridgehead atoms. The number of halogens is 1. The third-order valence-corrected chi connectivity index (χ3v) is 5.79. The summed E-state index contributed by atoms with van der Waals surface area (Å²) < 4.78 is 24.2. The standard InChI is InChI=1S/C23H28FN3O4/c24-18-4-6-19(7-5-18)30-17-20-8-9-21(31-20)23(29)27-14-12-25(13-15-27)16-22(28)26-10-2-1-3-11-26/h4-9H,1-3,10-17H2. The fourth-order valence-corrected chi connectivity index (χ4v) is 3.96. The molecule has 3 heterocycles. The topological polar surface area (TPSA) is 66.2 Å². The molecule has 1 aromatic carbocycles. The van der Waals surface area contributed by atoms with Crippen LogP contribution >= 0.6 is 0 Å². The van der Waals surface area contributed by atoms with E-state index in [9.17, 15) is 14.0 Å². The minimum atomic E-state index is -0.325. The van der Waals surface area contributed by atoms with Crippen LogP contribution in [0.4, 0.5) is 4.39 Å². The lowest BCUT2D eigenvalue weighted by molar-refractivity contribution is -0.133. The van der Waals surface area contributed by atoms with Crippen molar-refractivity contribution in [2.75, 3.05) is 45.8 Å². The van der Waals surface area contributed by atoms with Gasteiger partial charge >= 0.3 is 0 Å². The van der Waals surface area contributed by atoms with E-state index < -0.39 is 0 Å². The quantitative estimate of drug-likeness (QED) is 0.707. The Morgan fingerprint density at radius 1 is 0.871 bits per heavy atom. The molecule has 2 fully saturated rings. The minimum Gasteiger partial charge on any atom is -0.486 e. The van der Waals surface area contributed by atoms with Crippen LogP contribution in [0.15, 0.2) is 40.8 Å². The van der Waals surface area contributed by atoms with E-state index in [4.69, 9.17) is 9.15 Å². The molecule has 1 aromatic heterocycles. The predicted octanol–water partition coefficient (Wildman–Crippen LogP) is 2.77. The summed E-state index contributed by atoms with van der Waals surface area (Å²) in [5.41, 5.74) is 0. The lowest BCUT2D eigenvalue weighted by Crippen LogP contribution is -2.52. The highest BCUT2D eigenvalue weighted by Gasteiger charge is 2.26. The molecule has 0 unspecified atom stereocenters. The van der Waals surface area contributed by atoms with Crippen molar-refractivity contribution in [1.29, 1.82) is 0 Å². The molecule has 0 N–H and O–H groups in total. The molecule has 166 valence electrons. The lowest BCUT2D eigenvalue weighted by Gasteiger charge is -2.35. The highest BCUT2D eigenvalue weighted by atomic mass is 19.1. The number of likely N-dealkylation sites (tertiary alicyclic amines) is 1. The van der Waals surface area contributed by atoms with E-state index in [0.717, 1.165) is 25.9 Å². The summed E-state index contributed by atoms with van der Waals surface area (Å²) in [6.07, 6.45) is 3.39. The zero-order chi connectivity index (χ0) is 21.6. The number of benzene rings is 1. The van der Waals surface area contributed by atoms with Crippen molar-refractivity contribution >= 4 is 11.8 Å². The fraction of sp³-hybridized carbons (Fsp3) is 0.478. The number of hydrogen-bond donors (Lipinski definition) is 0. The Bertz CT molecular complexity index is 884. The summed E-state index contributed by atoms with van der Waals surface area (Å²) in [7, 11) is 0. The van der Waals surface area contributed by atoms with Gasteiger partial charge in [-0.3, -0.25) is 14.5 Å². The van der Waals surface area contributed by atoms with Gasteiger partial charge in [-0.25, -0.2) is 4.39 Å². The first-order valence-corrected chi connectivity index (χ1v) is 10.8. The summed E-state index contributed by atoms with van der Waals surface area (Å²) in [5, 5.41) is 0. The molecule has 0 spiro atoms. The van der Waals surface area contributed by atoms with E-state index in [1.54, 1.807) is 29.2 Å². The third-order valence-electron chi connectivity index (χ3n) is 5.79. The summed E-state index contributed by atoms with van der Waals surface area (Å²) in [5.74, 6) is 1.04. The number of furan rings is 1. The predicted molar refractivity (Wildman–Crippen MR) is 112 cm³/mol. The summed E-state index contributed by atoms with van der Waals surface area (Å²) in [6.45, 7) is 4.78. The van der Waals surface area contributed by atoms with Crippen molar-refractivity contribution in [3.63, 3.8) is 0 Å². The number of rotatable bonds is 6. The lowest BCUT2D eigenvalue weighted by atomic mass is 10.1. The first-order chi connectivity index (χ1) is 15.1. The Hall–Kier alpha value is -2.87. The first kappa shape index (κ1) is 21.4. The maximum Gasteiger partial charge on any atom is 0.289 e. The van der Waals surface area contributed by atoms with Gasteiger partial charge in [0.05, 0.1) is 6.54 Å². The second-order valence-corrected chi connectivity index (χ2v) is 8.02. The monoisotopic (exact) mass is 429 g/mol. The van der Waals surface area contributed by atoms with Gasteiger partial charge in [0.2, 0.25) is 5.91 Å². The van der Waals surface area contributed by atoms with Crippen LogP contribution in [-0.2, 0) is 11.4 Å². The molecular formula is C23H28FN3O4. The van der Waals surface area contributed by atoms with E-state index in [2.05, 4.69) is 4.90 Å². The van der Waals surface area contributed by atoms with Gasteiger partial charge in [0, 0.05) is 39.3 Å². The van der Waals surface area contributed by atoms with E-state index >= 15 is 0 Å². The summed E-state index contributed by atoms with van der Waals surface area (Å²) in [4.78, 5) is 31.0. The Morgan fingerprint density at radius 2 is 1.58 bits per heavy atom. The molecule has 0 radical (unpaired) electrons. The molecule has 0 aliphatic carbocycles. The van der Waals surface area contributed by atoms with E-state index in [0.29, 0.717) is 44.2 Å². The minimum absolute atomic E-state index is 0.157. The number of carbonyl (C=O) groups excluding carboxylic acids is 2. The number of piperidine rings is 1. The van der Waals surface area contributed by atoms with Crippen LogP contribution in [0.3, 0.4) is 0 Å². The van der Waals surface area contributed by atoms with Crippen LogP contribution in [0.5, 0.6) is 5.75 Å². The molecule has 0 atom stereocenters. The molecule has 2 saturated heterocycles. The van der Waals surface area contributed by atoms with Crippen LogP contribution in [0.1, 0.15) is 35.6 Å².